The number of benzene rings is 2. The molecule has 4 rings (SSSR count). The highest BCUT2D eigenvalue weighted by Gasteiger charge is 2.15. The van der Waals surface area contributed by atoms with Crippen molar-refractivity contribution in [2.75, 3.05) is 0 Å². The molecule has 0 amide bonds. The second-order valence-corrected chi connectivity index (χ2v) is 8.18. The van der Waals surface area contributed by atoms with Crippen molar-refractivity contribution in [2.24, 2.45) is 0 Å². The van der Waals surface area contributed by atoms with E-state index in [2.05, 4.69) is 78.2 Å². The molecule has 1 nitrogen and oxygen atoms in total. The van der Waals surface area contributed by atoms with Crippen molar-refractivity contribution in [2.45, 2.75) is 10.8 Å². The summed E-state index contributed by atoms with van der Waals surface area (Å²) in [5.74, 6) is 0.939. The van der Waals surface area contributed by atoms with Crippen LogP contribution in [0.15, 0.2) is 83.2 Å². The first-order valence-electron chi connectivity index (χ1n) is 7.67. The fourth-order valence-corrected chi connectivity index (χ4v) is 5.43. The monoisotopic (exact) mass is 365 g/mol. The van der Waals surface area contributed by atoms with E-state index in [1.807, 2.05) is 11.8 Å². The summed E-state index contributed by atoms with van der Waals surface area (Å²) in [5.41, 5.74) is 2.57. The number of rotatable bonds is 5. The van der Waals surface area contributed by atoms with Gasteiger partial charge in [-0.25, -0.2) is 4.98 Å². The van der Waals surface area contributed by atoms with Crippen LogP contribution in [0.3, 0.4) is 0 Å². The normalized spacial score (nSPS) is 10.8. The molecule has 4 aromatic rings. The number of thioether (sulfide) groups is 1. The van der Waals surface area contributed by atoms with Gasteiger partial charge < -0.3 is 0 Å². The van der Waals surface area contributed by atoms with Crippen LogP contribution in [0.2, 0.25) is 0 Å². The van der Waals surface area contributed by atoms with Crippen molar-refractivity contribution in [3.8, 4) is 20.3 Å². The van der Waals surface area contributed by atoms with E-state index in [-0.39, 0.29) is 0 Å². The van der Waals surface area contributed by atoms with Gasteiger partial charge in [0.2, 0.25) is 0 Å². The first kappa shape index (κ1) is 15.6. The maximum Gasteiger partial charge on any atom is 0.135 e. The van der Waals surface area contributed by atoms with E-state index in [0.717, 1.165) is 15.8 Å². The molecule has 0 spiro atoms. The van der Waals surface area contributed by atoms with Gasteiger partial charge in [0.25, 0.3) is 0 Å². The zero-order chi connectivity index (χ0) is 16.2. The van der Waals surface area contributed by atoms with Gasteiger partial charge >= 0.3 is 0 Å². The Kier molecular flexibility index (Phi) is 4.78. The Bertz CT molecular complexity index is 897. The molecule has 0 saturated heterocycles. The third-order valence-corrected chi connectivity index (χ3v) is 6.90. The quantitative estimate of drug-likeness (QED) is 0.359. The molecule has 0 bridgehead atoms. The Morgan fingerprint density at radius 2 is 1.58 bits per heavy atom. The van der Waals surface area contributed by atoms with Gasteiger partial charge in [-0.15, -0.1) is 34.4 Å². The van der Waals surface area contributed by atoms with Crippen LogP contribution in [0, 0.1) is 0 Å². The zero-order valence-electron chi connectivity index (χ0n) is 12.9. The molecule has 0 aliphatic carbocycles. The van der Waals surface area contributed by atoms with Crippen molar-refractivity contribution in [3.05, 3.63) is 83.7 Å². The summed E-state index contributed by atoms with van der Waals surface area (Å²) >= 11 is 5.35. The summed E-state index contributed by atoms with van der Waals surface area (Å²) in [6, 6.07) is 25.4. The SMILES string of the molecule is c1ccc(CSc2nc(-c3cccs3)sc2-c2ccccc2)cc1. The van der Waals surface area contributed by atoms with Crippen molar-refractivity contribution in [1.82, 2.24) is 4.98 Å². The van der Waals surface area contributed by atoms with Gasteiger partial charge in [0.1, 0.15) is 10.0 Å². The summed E-state index contributed by atoms with van der Waals surface area (Å²) in [7, 11) is 0. The van der Waals surface area contributed by atoms with E-state index in [4.69, 9.17) is 4.98 Å². The van der Waals surface area contributed by atoms with E-state index in [0.29, 0.717) is 0 Å². The summed E-state index contributed by atoms with van der Waals surface area (Å²) in [4.78, 5) is 7.44. The lowest BCUT2D eigenvalue weighted by atomic mass is 10.2. The smallest absolute Gasteiger partial charge is 0.135 e. The summed E-state index contributed by atoms with van der Waals surface area (Å²) in [5, 5.41) is 4.34. The maximum atomic E-state index is 4.94. The molecule has 2 aromatic heterocycles. The molecule has 0 unspecified atom stereocenters. The molecule has 0 atom stereocenters. The van der Waals surface area contributed by atoms with Gasteiger partial charge in [-0.1, -0.05) is 66.7 Å². The second-order valence-electron chi connectivity index (χ2n) is 5.27. The molecular weight excluding hydrogens is 350 g/mol. The lowest BCUT2D eigenvalue weighted by molar-refractivity contribution is 1.21. The molecule has 2 aromatic carbocycles. The highest BCUT2D eigenvalue weighted by Crippen LogP contribution is 2.41. The Morgan fingerprint density at radius 3 is 2.29 bits per heavy atom. The molecule has 118 valence electrons. The number of thiazole rings is 1. The minimum atomic E-state index is 0.939. The first-order valence-corrected chi connectivity index (χ1v) is 10.4. The minimum Gasteiger partial charge on any atom is -0.228 e. The van der Waals surface area contributed by atoms with Crippen LogP contribution in [0.1, 0.15) is 5.56 Å². The van der Waals surface area contributed by atoms with Crippen LogP contribution in [0.5, 0.6) is 0 Å². The third-order valence-electron chi connectivity index (χ3n) is 3.58. The molecule has 0 saturated carbocycles. The molecule has 0 radical (unpaired) electrons. The number of hydrogen-bond donors (Lipinski definition) is 0. The standard InChI is InChI=1S/C20H15NS3/c1-3-8-15(9-4-1)14-23-20-18(16-10-5-2-6-11-16)24-19(21-20)17-12-7-13-22-17/h1-13H,14H2. The van der Waals surface area contributed by atoms with Crippen LogP contribution >= 0.6 is 34.4 Å². The highest BCUT2D eigenvalue weighted by molar-refractivity contribution is 7.98. The van der Waals surface area contributed by atoms with Crippen LogP contribution in [0.4, 0.5) is 0 Å². The van der Waals surface area contributed by atoms with Gasteiger partial charge in [0.05, 0.1) is 9.75 Å². The van der Waals surface area contributed by atoms with E-state index in [1.165, 1.54) is 20.9 Å². The maximum absolute atomic E-state index is 4.94. The van der Waals surface area contributed by atoms with E-state index in [1.54, 1.807) is 22.7 Å². The lowest BCUT2D eigenvalue weighted by Crippen LogP contribution is -1.82. The van der Waals surface area contributed by atoms with Crippen LogP contribution in [-0.4, -0.2) is 4.98 Å². The topological polar surface area (TPSA) is 12.9 Å². The number of nitrogens with zero attached hydrogens (tertiary/aromatic N) is 1. The van der Waals surface area contributed by atoms with E-state index in [9.17, 15) is 0 Å². The number of aromatic nitrogens is 1. The molecule has 24 heavy (non-hydrogen) atoms. The average Bonchev–Trinajstić information content (AvgIpc) is 3.31. The Hall–Kier alpha value is -1.88. The molecule has 0 aliphatic heterocycles. The van der Waals surface area contributed by atoms with Crippen molar-refractivity contribution in [1.29, 1.82) is 0 Å². The van der Waals surface area contributed by atoms with Gasteiger partial charge in [-0.2, -0.15) is 0 Å². The number of thiophene rings is 1. The Labute approximate surface area is 154 Å². The van der Waals surface area contributed by atoms with Crippen LogP contribution in [-0.2, 0) is 5.75 Å². The largest absolute Gasteiger partial charge is 0.228 e. The fourth-order valence-electron chi connectivity index (χ4n) is 2.41. The first-order chi connectivity index (χ1) is 11.9. The average molecular weight is 366 g/mol. The molecule has 4 heteroatoms. The van der Waals surface area contributed by atoms with Crippen LogP contribution in [0.25, 0.3) is 20.3 Å². The highest BCUT2D eigenvalue weighted by atomic mass is 32.2. The predicted octanol–water partition coefficient (Wildman–Crippen LogP) is 6.83. The van der Waals surface area contributed by atoms with Gasteiger partial charge in [0.15, 0.2) is 0 Å². The molecule has 0 N–H and O–H groups in total. The summed E-state index contributed by atoms with van der Waals surface area (Å²) < 4.78 is 0. The third kappa shape index (κ3) is 3.46. The van der Waals surface area contributed by atoms with Crippen molar-refractivity contribution < 1.29 is 0 Å². The molecule has 0 aliphatic rings. The van der Waals surface area contributed by atoms with Gasteiger partial charge in [0, 0.05) is 5.75 Å². The zero-order valence-corrected chi connectivity index (χ0v) is 15.3. The van der Waals surface area contributed by atoms with Crippen LogP contribution < -0.4 is 0 Å². The number of hydrogen-bond acceptors (Lipinski definition) is 4. The molecular formula is C20H15NS3. The lowest BCUT2D eigenvalue weighted by Gasteiger charge is -2.02. The Morgan fingerprint density at radius 1 is 0.833 bits per heavy atom. The van der Waals surface area contributed by atoms with Crippen molar-refractivity contribution >= 4 is 34.4 Å². The van der Waals surface area contributed by atoms with E-state index < -0.39 is 0 Å². The minimum absolute atomic E-state index is 0.939. The summed E-state index contributed by atoms with van der Waals surface area (Å²) in [6.45, 7) is 0. The van der Waals surface area contributed by atoms with Gasteiger partial charge in [-0.05, 0) is 22.6 Å². The predicted molar refractivity (Wildman–Crippen MR) is 107 cm³/mol. The second kappa shape index (κ2) is 7.34. The fraction of sp³-hybridized carbons (Fsp3) is 0.0500. The Balaban J connectivity index is 1.68. The van der Waals surface area contributed by atoms with Gasteiger partial charge in [-0.3, -0.25) is 0 Å². The molecule has 0 fully saturated rings. The summed E-state index contributed by atoms with van der Waals surface area (Å²) in [6.07, 6.45) is 0. The van der Waals surface area contributed by atoms with E-state index >= 15 is 0 Å². The van der Waals surface area contributed by atoms with Crippen molar-refractivity contribution in [3.63, 3.8) is 0 Å². The molecule has 2 heterocycles.